The second-order valence-electron chi connectivity index (χ2n) is 3.67. The number of carbonyl (C=O) groups is 1. The van der Waals surface area contributed by atoms with Crippen LogP contribution in [0.5, 0.6) is 0 Å². The van der Waals surface area contributed by atoms with Crippen molar-refractivity contribution in [1.29, 1.82) is 5.26 Å². The summed E-state index contributed by atoms with van der Waals surface area (Å²) in [6, 6.07) is 11.6. The van der Waals surface area contributed by atoms with Crippen LogP contribution in [-0.2, 0) is 16.1 Å². The fourth-order valence-corrected chi connectivity index (χ4v) is 1.40. The van der Waals surface area contributed by atoms with Crippen molar-refractivity contribution in [3.05, 3.63) is 47.2 Å². The van der Waals surface area contributed by atoms with Crippen LogP contribution in [-0.4, -0.2) is 12.6 Å². The molecular formula is C14H16N2O2. The van der Waals surface area contributed by atoms with E-state index in [1.165, 1.54) is 0 Å². The zero-order valence-electron chi connectivity index (χ0n) is 10.6. The summed E-state index contributed by atoms with van der Waals surface area (Å²) in [6.45, 7) is 4.23. The number of allylic oxidation sites excluding steroid dienone is 1. The summed E-state index contributed by atoms with van der Waals surface area (Å²) < 4.78 is 4.81. The smallest absolute Gasteiger partial charge is 0.350 e. The number of rotatable bonds is 5. The van der Waals surface area contributed by atoms with Crippen molar-refractivity contribution in [2.45, 2.75) is 20.4 Å². The maximum atomic E-state index is 11.5. The normalized spacial score (nSPS) is 11.2. The predicted octanol–water partition coefficient (Wildman–Crippen LogP) is 2.14. The highest BCUT2D eigenvalue weighted by Gasteiger charge is 2.13. The molecule has 0 spiro atoms. The van der Waals surface area contributed by atoms with Crippen molar-refractivity contribution in [2.24, 2.45) is 0 Å². The van der Waals surface area contributed by atoms with Gasteiger partial charge in [0.25, 0.3) is 0 Å². The van der Waals surface area contributed by atoms with Crippen LogP contribution in [0, 0.1) is 11.3 Å². The molecule has 0 aromatic heterocycles. The summed E-state index contributed by atoms with van der Waals surface area (Å²) in [7, 11) is 0. The Balaban J connectivity index is 2.70. The van der Waals surface area contributed by atoms with Gasteiger partial charge in [-0.2, -0.15) is 5.26 Å². The van der Waals surface area contributed by atoms with Gasteiger partial charge in [-0.15, -0.1) is 0 Å². The summed E-state index contributed by atoms with van der Waals surface area (Å²) in [5.74, 6) is -0.585. The molecule has 0 atom stereocenters. The second kappa shape index (κ2) is 7.13. The summed E-state index contributed by atoms with van der Waals surface area (Å²) in [5, 5.41) is 12.0. The van der Waals surface area contributed by atoms with Gasteiger partial charge < -0.3 is 10.1 Å². The highest BCUT2D eigenvalue weighted by Crippen LogP contribution is 2.05. The Labute approximate surface area is 107 Å². The molecule has 0 heterocycles. The predicted molar refractivity (Wildman–Crippen MR) is 68.2 cm³/mol. The maximum absolute atomic E-state index is 11.5. The molecule has 0 amide bonds. The lowest BCUT2D eigenvalue weighted by molar-refractivity contribution is -0.138. The quantitative estimate of drug-likeness (QED) is 0.489. The minimum atomic E-state index is -0.585. The third-order valence-electron chi connectivity index (χ3n) is 2.37. The number of ether oxygens (including phenoxy) is 1. The van der Waals surface area contributed by atoms with Gasteiger partial charge in [0.05, 0.1) is 6.61 Å². The molecule has 1 N–H and O–H groups in total. The van der Waals surface area contributed by atoms with E-state index in [1.807, 2.05) is 36.4 Å². The van der Waals surface area contributed by atoms with Crippen molar-refractivity contribution in [1.82, 2.24) is 5.32 Å². The fraction of sp³-hybridized carbons (Fsp3) is 0.286. The average molecular weight is 244 g/mol. The van der Waals surface area contributed by atoms with Crippen LogP contribution in [0.3, 0.4) is 0 Å². The third kappa shape index (κ3) is 3.95. The molecule has 0 aliphatic carbocycles. The minimum Gasteiger partial charge on any atom is -0.462 e. The van der Waals surface area contributed by atoms with E-state index in [9.17, 15) is 4.79 Å². The Morgan fingerprint density at radius 3 is 2.61 bits per heavy atom. The van der Waals surface area contributed by atoms with Gasteiger partial charge >= 0.3 is 5.97 Å². The van der Waals surface area contributed by atoms with Crippen molar-refractivity contribution in [2.75, 3.05) is 6.61 Å². The summed E-state index contributed by atoms with van der Waals surface area (Å²) in [6.07, 6.45) is 0. The Kier molecular flexibility index (Phi) is 5.46. The standard InChI is InChI=1S/C14H16N2O2/c1-3-18-14(17)13(9-15)11(2)16-10-12-7-5-4-6-8-12/h4-8,16H,3,10H2,1-2H3. The summed E-state index contributed by atoms with van der Waals surface area (Å²) in [4.78, 5) is 11.5. The molecular weight excluding hydrogens is 228 g/mol. The van der Waals surface area contributed by atoms with Crippen LogP contribution in [0.15, 0.2) is 41.6 Å². The Bertz CT molecular complexity index is 472. The van der Waals surface area contributed by atoms with Gasteiger partial charge in [-0.05, 0) is 19.4 Å². The molecule has 0 unspecified atom stereocenters. The molecule has 4 heteroatoms. The monoisotopic (exact) mass is 244 g/mol. The Hall–Kier alpha value is -2.28. The third-order valence-corrected chi connectivity index (χ3v) is 2.37. The lowest BCUT2D eigenvalue weighted by atomic mass is 10.2. The molecule has 1 aromatic rings. The van der Waals surface area contributed by atoms with Gasteiger partial charge in [0.2, 0.25) is 0 Å². The lowest BCUT2D eigenvalue weighted by Crippen LogP contribution is -2.17. The van der Waals surface area contributed by atoms with Gasteiger partial charge in [0.15, 0.2) is 5.57 Å². The maximum Gasteiger partial charge on any atom is 0.350 e. The molecule has 1 rings (SSSR count). The molecule has 0 aliphatic rings. The first-order chi connectivity index (χ1) is 8.69. The van der Waals surface area contributed by atoms with Gasteiger partial charge in [-0.25, -0.2) is 4.79 Å². The summed E-state index contributed by atoms with van der Waals surface area (Å²) >= 11 is 0. The highest BCUT2D eigenvalue weighted by atomic mass is 16.5. The van der Waals surface area contributed by atoms with Crippen molar-refractivity contribution >= 4 is 5.97 Å². The lowest BCUT2D eigenvalue weighted by Gasteiger charge is -2.08. The van der Waals surface area contributed by atoms with Crippen LogP contribution in [0.2, 0.25) is 0 Å². The van der Waals surface area contributed by atoms with Crippen LogP contribution < -0.4 is 5.32 Å². The van der Waals surface area contributed by atoms with E-state index in [0.29, 0.717) is 12.2 Å². The average Bonchev–Trinajstić information content (AvgIpc) is 2.39. The zero-order chi connectivity index (χ0) is 13.4. The molecule has 0 radical (unpaired) electrons. The van der Waals surface area contributed by atoms with E-state index in [4.69, 9.17) is 10.00 Å². The van der Waals surface area contributed by atoms with E-state index in [-0.39, 0.29) is 12.2 Å². The molecule has 0 fully saturated rings. The summed E-state index contributed by atoms with van der Waals surface area (Å²) in [5.41, 5.74) is 1.63. The van der Waals surface area contributed by atoms with E-state index in [2.05, 4.69) is 5.32 Å². The number of nitrogens with one attached hydrogen (secondary N) is 1. The van der Waals surface area contributed by atoms with Crippen LogP contribution in [0.25, 0.3) is 0 Å². The van der Waals surface area contributed by atoms with Gasteiger partial charge in [0, 0.05) is 12.2 Å². The van der Waals surface area contributed by atoms with Gasteiger partial charge in [-0.3, -0.25) is 0 Å². The molecule has 94 valence electrons. The molecule has 1 aromatic carbocycles. The molecule has 18 heavy (non-hydrogen) atoms. The first-order valence-electron chi connectivity index (χ1n) is 5.75. The van der Waals surface area contributed by atoms with Gasteiger partial charge in [0.1, 0.15) is 6.07 Å². The largest absolute Gasteiger partial charge is 0.462 e. The molecule has 0 bridgehead atoms. The molecule has 0 saturated carbocycles. The van der Waals surface area contributed by atoms with E-state index >= 15 is 0 Å². The number of carbonyl (C=O) groups excluding carboxylic acids is 1. The fourth-order valence-electron chi connectivity index (χ4n) is 1.40. The minimum absolute atomic E-state index is 0.0211. The first-order valence-corrected chi connectivity index (χ1v) is 5.75. The van der Waals surface area contributed by atoms with Gasteiger partial charge in [-0.1, -0.05) is 30.3 Å². The Morgan fingerprint density at radius 1 is 1.39 bits per heavy atom. The van der Waals surface area contributed by atoms with E-state index in [0.717, 1.165) is 5.56 Å². The van der Waals surface area contributed by atoms with E-state index in [1.54, 1.807) is 13.8 Å². The number of benzene rings is 1. The SMILES string of the molecule is CCOC(=O)C(C#N)=C(C)NCc1ccccc1. The molecule has 4 nitrogen and oxygen atoms in total. The van der Waals surface area contributed by atoms with Crippen LogP contribution in [0.1, 0.15) is 19.4 Å². The van der Waals surface area contributed by atoms with Crippen LogP contribution in [0.4, 0.5) is 0 Å². The van der Waals surface area contributed by atoms with Crippen molar-refractivity contribution in [3.8, 4) is 6.07 Å². The topological polar surface area (TPSA) is 62.1 Å². The number of nitriles is 1. The number of nitrogens with zero attached hydrogens (tertiary/aromatic N) is 1. The van der Waals surface area contributed by atoms with Crippen molar-refractivity contribution in [3.63, 3.8) is 0 Å². The number of hydrogen-bond acceptors (Lipinski definition) is 4. The van der Waals surface area contributed by atoms with E-state index < -0.39 is 5.97 Å². The molecule has 0 aliphatic heterocycles. The second-order valence-corrected chi connectivity index (χ2v) is 3.67. The number of hydrogen-bond donors (Lipinski definition) is 1. The molecule has 0 saturated heterocycles. The Morgan fingerprint density at radius 2 is 2.06 bits per heavy atom. The van der Waals surface area contributed by atoms with Crippen LogP contribution >= 0.6 is 0 Å². The highest BCUT2D eigenvalue weighted by molar-refractivity contribution is 5.93. The first kappa shape index (κ1) is 13.8. The zero-order valence-corrected chi connectivity index (χ0v) is 10.6. The number of esters is 1. The van der Waals surface area contributed by atoms with Crippen molar-refractivity contribution < 1.29 is 9.53 Å².